The summed E-state index contributed by atoms with van der Waals surface area (Å²) in [5, 5.41) is 18.7. The summed E-state index contributed by atoms with van der Waals surface area (Å²) >= 11 is 0. The van der Waals surface area contributed by atoms with Gasteiger partial charge in [0.05, 0.1) is 14.2 Å². The number of ether oxygens (including phenoxy) is 2. The molecule has 1 aromatic heterocycles. The molecule has 116 valence electrons. The molecule has 8 nitrogen and oxygen atoms in total. The van der Waals surface area contributed by atoms with E-state index >= 15 is 0 Å². The number of nitrogens with zero attached hydrogens (tertiary/aromatic N) is 2. The Morgan fingerprint density at radius 1 is 1.23 bits per heavy atom. The van der Waals surface area contributed by atoms with Gasteiger partial charge in [0.1, 0.15) is 17.1 Å². The lowest BCUT2D eigenvalue weighted by atomic mass is 10.1. The standard InChI is InChI=1S/C14H14N2O6/c1-16-12(15-10(14(19)20)11(17)13(16)18)9-7(21-2)5-4-6-8(9)22-3/h4-6,17H,1-3H3,(H,19,20). The first-order chi connectivity index (χ1) is 10.4. The van der Waals surface area contributed by atoms with E-state index in [2.05, 4.69) is 4.98 Å². The van der Waals surface area contributed by atoms with Crippen molar-refractivity contribution in [3.8, 4) is 28.6 Å². The minimum atomic E-state index is -1.51. The SMILES string of the molecule is COc1cccc(OC)c1-c1nc(C(=O)O)c(O)c(=O)n1C. The molecular formula is C14H14N2O6. The Kier molecular flexibility index (Phi) is 4.02. The van der Waals surface area contributed by atoms with Gasteiger partial charge in [0.15, 0.2) is 11.5 Å². The maximum absolute atomic E-state index is 12.0. The third-order valence-electron chi connectivity index (χ3n) is 3.12. The van der Waals surface area contributed by atoms with E-state index in [0.717, 1.165) is 4.57 Å². The largest absolute Gasteiger partial charge is 0.501 e. The van der Waals surface area contributed by atoms with E-state index in [1.54, 1.807) is 18.2 Å². The van der Waals surface area contributed by atoms with Crippen LogP contribution in [0.5, 0.6) is 17.2 Å². The first-order valence-electron chi connectivity index (χ1n) is 6.17. The average Bonchev–Trinajstić information content (AvgIpc) is 2.52. The summed E-state index contributed by atoms with van der Waals surface area (Å²) in [7, 11) is 4.21. The van der Waals surface area contributed by atoms with Crippen LogP contribution in [0.3, 0.4) is 0 Å². The zero-order valence-electron chi connectivity index (χ0n) is 12.2. The van der Waals surface area contributed by atoms with Crippen LogP contribution in [0.4, 0.5) is 0 Å². The first kappa shape index (κ1) is 15.4. The van der Waals surface area contributed by atoms with Crippen molar-refractivity contribution in [3.63, 3.8) is 0 Å². The van der Waals surface area contributed by atoms with Crippen LogP contribution >= 0.6 is 0 Å². The molecule has 0 radical (unpaired) electrons. The lowest BCUT2D eigenvalue weighted by Crippen LogP contribution is -2.23. The molecule has 0 fully saturated rings. The molecule has 0 saturated carbocycles. The zero-order valence-corrected chi connectivity index (χ0v) is 12.2. The topological polar surface area (TPSA) is 111 Å². The predicted molar refractivity (Wildman–Crippen MR) is 76.6 cm³/mol. The highest BCUT2D eigenvalue weighted by molar-refractivity contribution is 5.89. The number of methoxy groups -OCH3 is 2. The molecule has 0 amide bonds. The van der Waals surface area contributed by atoms with Crippen LogP contribution in [-0.4, -0.2) is 40.0 Å². The zero-order chi connectivity index (χ0) is 16.4. The van der Waals surface area contributed by atoms with Gasteiger partial charge in [-0.2, -0.15) is 0 Å². The molecule has 22 heavy (non-hydrogen) atoms. The molecule has 2 aromatic rings. The number of carbonyl (C=O) groups is 1. The van der Waals surface area contributed by atoms with Crippen molar-refractivity contribution in [3.05, 3.63) is 34.2 Å². The second-order valence-electron chi connectivity index (χ2n) is 4.34. The quantitative estimate of drug-likeness (QED) is 0.862. The number of hydrogen-bond donors (Lipinski definition) is 2. The molecule has 0 spiro atoms. The third-order valence-corrected chi connectivity index (χ3v) is 3.12. The van der Waals surface area contributed by atoms with Crippen molar-refractivity contribution < 1.29 is 24.5 Å². The van der Waals surface area contributed by atoms with E-state index < -0.39 is 23.0 Å². The van der Waals surface area contributed by atoms with Crippen LogP contribution in [0.15, 0.2) is 23.0 Å². The Balaban J connectivity index is 2.90. The number of aromatic hydroxyl groups is 1. The van der Waals surface area contributed by atoms with Gasteiger partial charge in [-0.3, -0.25) is 9.36 Å². The smallest absolute Gasteiger partial charge is 0.358 e. The van der Waals surface area contributed by atoms with Gasteiger partial charge >= 0.3 is 5.97 Å². The fraction of sp³-hybridized carbons (Fsp3) is 0.214. The van der Waals surface area contributed by atoms with E-state index in [9.17, 15) is 14.7 Å². The van der Waals surface area contributed by atoms with Gasteiger partial charge < -0.3 is 19.7 Å². The van der Waals surface area contributed by atoms with Crippen LogP contribution in [-0.2, 0) is 7.05 Å². The summed E-state index contributed by atoms with van der Waals surface area (Å²) in [6.45, 7) is 0. The number of benzene rings is 1. The molecule has 0 aliphatic heterocycles. The molecule has 0 saturated heterocycles. The van der Waals surface area contributed by atoms with E-state index in [-0.39, 0.29) is 5.82 Å². The van der Waals surface area contributed by atoms with Gasteiger partial charge in [0.25, 0.3) is 5.56 Å². The minimum Gasteiger partial charge on any atom is -0.501 e. The summed E-state index contributed by atoms with van der Waals surface area (Å²) in [5.41, 5.74) is -1.30. The predicted octanol–water partition coefficient (Wildman–Crippen LogP) is 0.868. The summed E-state index contributed by atoms with van der Waals surface area (Å²) in [6.07, 6.45) is 0. The third kappa shape index (κ3) is 2.34. The maximum atomic E-state index is 12.0. The molecular weight excluding hydrogens is 292 g/mol. The van der Waals surface area contributed by atoms with Gasteiger partial charge in [-0.1, -0.05) is 6.07 Å². The van der Waals surface area contributed by atoms with Gasteiger partial charge in [-0.15, -0.1) is 0 Å². The molecule has 0 atom stereocenters. The van der Waals surface area contributed by atoms with Crippen molar-refractivity contribution in [2.24, 2.45) is 7.05 Å². The highest BCUT2D eigenvalue weighted by Crippen LogP contribution is 2.37. The van der Waals surface area contributed by atoms with Crippen molar-refractivity contribution in [2.75, 3.05) is 14.2 Å². The van der Waals surface area contributed by atoms with Gasteiger partial charge in [0.2, 0.25) is 5.75 Å². The van der Waals surface area contributed by atoms with Crippen molar-refractivity contribution >= 4 is 5.97 Å². The van der Waals surface area contributed by atoms with Crippen LogP contribution in [0, 0.1) is 0 Å². The fourth-order valence-corrected chi connectivity index (χ4v) is 2.03. The van der Waals surface area contributed by atoms with E-state index in [4.69, 9.17) is 14.6 Å². The van der Waals surface area contributed by atoms with Crippen molar-refractivity contribution in [1.82, 2.24) is 9.55 Å². The molecule has 0 aliphatic carbocycles. The summed E-state index contributed by atoms with van der Waals surface area (Å²) < 4.78 is 11.5. The number of hydrogen-bond acceptors (Lipinski definition) is 6. The number of aromatic nitrogens is 2. The number of carboxylic acids is 1. The van der Waals surface area contributed by atoms with E-state index in [1.807, 2.05) is 0 Å². The molecule has 0 aliphatic rings. The monoisotopic (exact) mass is 306 g/mol. The Morgan fingerprint density at radius 3 is 2.23 bits per heavy atom. The van der Waals surface area contributed by atoms with Gasteiger partial charge in [-0.05, 0) is 12.1 Å². The van der Waals surface area contributed by atoms with Crippen LogP contribution < -0.4 is 15.0 Å². The van der Waals surface area contributed by atoms with Crippen LogP contribution in [0.25, 0.3) is 11.4 Å². The number of aromatic carboxylic acids is 1. The Bertz CT molecular complexity index is 774. The maximum Gasteiger partial charge on any atom is 0.358 e. The second-order valence-corrected chi connectivity index (χ2v) is 4.34. The summed E-state index contributed by atoms with van der Waals surface area (Å²) in [6, 6.07) is 4.92. The first-order valence-corrected chi connectivity index (χ1v) is 6.17. The minimum absolute atomic E-state index is 0.00880. The highest BCUT2D eigenvalue weighted by atomic mass is 16.5. The van der Waals surface area contributed by atoms with Crippen molar-refractivity contribution in [1.29, 1.82) is 0 Å². The average molecular weight is 306 g/mol. The van der Waals surface area contributed by atoms with Crippen LogP contribution in [0.2, 0.25) is 0 Å². The molecule has 8 heteroatoms. The molecule has 2 rings (SSSR count). The summed E-state index contributed by atoms with van der Waals surface area (Å²) in [4.78, 5) is 27.0. The lowest BCUT2D eigenvalue weighted by molar-refractivity contribution is 0.0686. The molecule has 1 heterocycles. The molecule has 0 bridgehead atoms. The Morgan fingerprint density at radius 2 is 1.77 bits per heavy atom. The van der Waals surface area contributed by atoms with E-state index in [1.165, 1.54) is 21.3 Å². The van der Waals surface area contributed by atoms with E-state index in [0.29, 0.717) is 17.1 Å². The molecule has 2 N–H and O–H groups in total. The highest BCUT2D eigenvalue weighted by Gasteiger charge is 2.23. The number of rotatable bonds is 4. The Labute approximate surface area is 125 Å². The fourth-order valence-electron chi connectivity index (χ4n) is 2.03. The van der Waals surface area contributed by atoms with Crippen molar-refractivity contribution in [2.45, 2.75) is 0 Å². The lowest BCUT2D eigenvalue weighted by Gasteiger charge is -2.15. The molecule has 1 aromatic carbocycles. The normalized spacial score (nSPS) is 10.3. The summed E-state index contributed by atoms with van der Waals surface area (Å²) in [5.74, 6) is -1.72. The number of carboxylic acid groups (broad SMARTS) is 1. The second kappa shape index (κ2) is 5.76. The Hall–Kier alpha value is -3.03. The molecule has 0 unspecified atom stereocenters. The van der Waals surface area contributed by atoms with Gasteiger partial charge in [-0.25, -0.2) is 9.78 Å². The van der Waals surface area contributed by atoms with Crippen LogP contribution in [0.1, 0.15) is 10.5 Å². The van der Waals surface area contributed by atoms with Gasteiger partial charge in [0, 0.05) is 7.05 Å².